The molecule has 7 heteroatoms. The van der Waals surface area contributed by atoms with Gasteiger partial charge in [-0.15, -0.1) is 0 Å². The van der Waals surface area contributed by atoms with Gasteiger partial charge in [0.2, 0.25) is 0 Å². The van der Waals surface area contributed by atoms with Crippen LogP contribution in [-0.2, 0) is 11.2 Å². The molecular weight excluding hydrogens is 332 g/mol. The number of phenolic OH excluding ortho intramolecular Hbond substituents is 1. The van der Waals surface area contributed by atoms with Crippen molar-refractivity contribution in [2.45, 2.75) is 26.3 Å². The van der Waals surface area contributed by atoms with Gasteiger partial charge in [0.1, 0.15) is 11.5 Å². The van der Waals surface area contributed by atoms with Gasteiger partial charge in [-0.25, -0.2) is 0 Å². The van der Waals surface area contributed by atoms with Crippen molar-refractivity contribution in [3.05, 3.63) is 23.8 Å². The highest BCUT2D eigenvalue weighted by molar-refractivity contribution is 5.79. The second-order valence-corrected chi connectivity index (χ2v) is 6.39. The highest BCUT2D eigenvalue weighted by Gasteiger charge is 2.16. The van der Waals surface area contributed by atoms with E-state index in [1.165, 1.54) is 0 Å². The van der Waals surface area contributed by atoms with Gasteiger partial charge in [0, 0.05) is 38.3 Å². The number of nitrogens with one attached hydrogen (secondary N) is 2. The average molecular weight is 364 g/mol. The summed E-state index contributed by atoms with van der Waals surface area (Å²) in [7, 11) is 1.59. The molecule has 1 unspecified atom stereocenters. The molecule has 146 valence electrons. The maximum atomic E-state index is 10.0. The molecule has 26 heavy (non-hydrogen) atoms. The topological polar surface area (TPSA) is 78.4 Å². The van der Waals surface area contributed by atoms with E-state index in [2.05, 4.69) is 29.4 Å². The largest absolute Gasteiger partial charge is 0.508 e. The Morgan fingerprint density at radius 2 is 2.12 bits per heavy atom. The van der Waals surface area contributed by atoms with Gasteiger partial charge in [-0.1, -0.05) is 6.07 Å². The fourth-order valence-electron chi connectivity index (χ4n) is 2.90. The van der Waals surface area contributed by atoms with Gasteiger partial charge in [0.25, 0.3) is 0 Å². The lowest BCUT2D eigenvalue weighted by molar-refractivity contribution is 0.0220. The number of hydrogen-bond acceptors (Lipinski definition) is 5. The first-order chi connectivity index (χ1) is 12.6. The normalized spacial score (nSPS) is 17.0. The number of phenols is 1. The molecule has 1 aliphatic rings. The highest BCUT2D eigenvalue weighted by Crippen LogP contribution is 2.23. The number of morpholine rings is 1. The van der Waals surface area contributed by atoms with Crippen LogP contribution in [0, 0.1) is 0 Å². The summed E-state index contributed by atoms with van der Waals surface area (Å²) in [5, 5.41) is 16.7. The van der Waals surface area contributed by atoms with Gasteiger partial charge in [0.05, 0.1) is 26.9 Å². The summed E-state index contributed by atoms with van der Waals surface area (Å²) in [6, 6.07) is 5.78. The molecule has 1 atom stereocenters. The van der Waals surface area contributed by atoms with Crippen LogP contribution in [0.1, 0.15) is 19.4 Å². The molecule has 0 spiro atoms. The summed E-state index contributed by atoms with van der Waals surface area (Å²) in [4.78, 5) is 7.11. The van der Waals surface area contributed by atoms with Gasteiger partial charge in [-0.3, -0.25) is 9.89 Å². The van der Waals surface area contributed by atoms with Crippen LogP contribution >= 0.6 is 0 Å². The minimum absolute atomic E-state index is 0.258. The van der Waals surface area contributed by atoms with Crippen LogP contribution in [0.25, 0.3) is 0 Å². The van der Waals surface area contributed by atoms with Crippen LogP contribution in [0.4, 0.5) is 0 Å². The summed E-state index contributed by atoms with van der Waals surface area (Å²) in [6.07, 6.45) is 0.708. The Kier molecular flexibility index (Phi) is 8.50. The van der Waals surface area contributed by atoms with Crippen molar-refractivity contribution in [1.82, 2.24) is 15.5 Å². The van der Waals surface area contributed by atoms with E-state index in [-0.39, 0.29) is 5.75 Å². The van der Waals surface area contributed by atoms with E-state index in [1.54, 1.807) is 13.2 Å². The van der Waals surface area contributed by atoms with E-state index >= 15 is 0 Å². The first-order valence-corrected chi connectivity index (χ1v) is 9.34. The van der Waals surface area contributed by atoms with Crippen molar-refractivity contribution < 1.29 is 14.6 Å². The van der Waals surface area contributed by atoms with E-state index in [0.717, 1.165) is 50.9 Å². The third-order valence-corrected chi connectivity index (χ3v) is 4.51. The minimum Gasteiger partial charge on any atom is -0.508 e. The fourth-order valence-corrected chi connectivity index (χ4v) is 2.90. The molecule has 1 saturated heterocycles. The number of benzene rings is 1. The molecule has 1 aliphatic heterocycles. The van der Waals surface area contributed by atoms with Crippen LogP contribution in [-0.4, -0.2) is 75.1 Å². The predicted molar refractivity (Wildman–Crippen MR) is 104 cm³/mol. The van der Waals surface area contributed by atoms with Crippen LogP contribution in [0.2, 0.25) is 0 Å². The Bertz CT molecular complexity index is 574. The van der Waals surface area contributed by atoms with E-state index < -0.39 is 0 Å². The second-order valence-electron chi connectivity index (χ2n) is 6.39. The molecule has 7 nitrogen and oxygen atoms in total. The SMILES string of the molecule is CCNC(=NCC(C)N1CCOCC1)NCCc1ccc(OC)cc1O. The van der Waals surface area contributed by atoms with Crippen LogP contribution in [0.15, 0.2) is 23.2 Å². The number of aromatic hydroxyl groups is 1. The fraction of sp³-hybridized carbons (Fsp3) is 0.632. The molecular formula is C19H32N4O3. The molecule has 0 aromatic heterocycles. The van der Waals surface area contributed by atoms with Crippen LogP contribution in [0.5, 0.6) is 11.5 Å². The molecule has 0 amide bonds. The minimum atomic E-state index is 0.258. The summed E-state index contributed by atoms with van der Waals surface area (Å²) >= 11 is 0. The number of nitrogens with zero attached hydrogens (tertiary/aromatic N) is 2. The summed E-state index contributed by atoms with van der Waals surface area (Å²) in [5.41, 5.74) is 0.885. The summed E-state index contributed by atoms with van der Waals surface area (Å²) in [6.45, 7) is 10.0. The molecule has 2 rings (SSSR count). The second kappa shape index (κ2) is 10.9. The van der Waals surface area contributed by atoms with Crippen LogP contribution < -0.4 is 15.4 Å². The lowest BCUT2D eigenvalue weighted by atomic mass is 10.1. The maximum absolute atomic E-state index is 10.0. The third kappa shape index (κ3) is 6.38. The van der Waals surface area contributed by atoms with Gasteiger partial charge >= 0.3 is 0 Å². The Hall–Kier alpha value is -1.99. The zero-order valence-corrected chi connectivity index (χ0v) is 16.1. The van der Waals surface area contributed by atoms with E-state index in [4.69, 9.17) is 14.5 Å². The number of ether oxygens (including phenoxy) is 2. The summed E-state index contributed by atoms with van der Waals surface area (Å²) < 4.78 is 10.5. The van der Waals surface area contributed by atoms with E-state index in [9.17, 15) is 5.11 Å². The number of rotatable bonds is 8. The number of hydrogen-bond donors (Lipinski definition) is 3. The molecule has 1 heterocycles. The van der Waals surface area contributed by atoms with E-state index in [1.807, 2.05) is 12.1 Å². The monoisotopic (exact) mass is 364 g/mol. The van der Waals surface area contributed by atoms with Crippen molar-refractivity contribution in [2.75, 3.05) is 53.0 Å². The van der Waals surface area contributed by atoms with Crippen molar-refractivity contribution in [2.24, 2.45) is 4.99 Å². The zero-order chi connectivity index (χ0) is 18.8. The number of methoxy groups -OCH3 is 1. The molecule has 0 aliphatic carbocycles. The first-order valence-electron chi connectivity index (χ1n) is 9.34. The molecule has 0 bridgehead atoms. The molecule has 1 aromatic carbocycles. The van der Waals surface area contributed by atoms with Crippen molar-refractivity contribution in [3.63, 3.8) is 0 Å². The molecule has 0 saturated carbocycles. The average Bonchev–Trinajstić information content (AvgIpc) is 2.67. The smallest absolute Gasteiger partial charge is 0.191 e. The molecule has 3 N–H and O–H groups in total. The Morgan fingerprint density at radius 3 is 2.77 bits per heavy atom. The third-order valence-electron chi connectivity index (χ3n) is 4.51. The highest BCUT2D eigenvalue weighted by atomic mass is 16.5. The van der Waals surface area contributed by atoms with Crippen molar-refractivity contribution >= 4 is 5.96 Å². The summed E-state index contributed by atoms with van der Waals surface area (Å²) in [5.74, 6) is 1.72. The maximum Gasteiger partial charge on any atom is 0.191 e. The van der Waals surface area contributed by atoms with Crippen LogP contribution in [0.3, 0.4) is 0 Å². The molecule has 1 aromatic rings. The predicted octanol–water partition coefficient (Wildman–Crippen LogP) is 1.22. The zero-order valence-electron chi connectivity index (χ0n) is 16.1. The first kappa shape index (κ1) is 20.3. The molecule has 1 fully saturated rings. The van der Waals surface area contributed by atoms with E-state index in [0.29, 0.717) is 24.8 Å². The van der Waals surface area contributed by atoms with Crippen molar-refractivity contribution in [3.8, 4) is 11.5 Å². The number of aliphatic imine (C=N–C) groups is 1. The Balaban J connectivity index is 1.83. The quantitative estimate of drug-likeness (QED) is 0.476. The van der Waals surface area contributed by atoms with Crippen molar-refractivity contribution in [1.29, 1.82) is 0 Å². The van der Waals surface area contributed by atoms with Gasteiger partial charge in [0.15, 0.2) is 5.96 Å². The van der Waals surface area contributed by atoms with Gasteiger partial charge in [-0.05, 0) is 31.9 Å². The lowest BCUT2D eigenvalue weighted by Gasteiger charge is -2.31. The lowest BCUT2D eigenvalue weighted by Crippen LogP contribution is -2.44. The Labute approximate surface area is 156 Å². The standard InChI is InChI=1S/C19H32N4O3/c1-4-20-19(22-14-15(2)23-9-11-26-12-10-23)21-8-7-16-5-6-17(25-3)13-18(16)24/h5-6,13,15,24H,4,7-12,14H2,1-3H3,(H2,20,21,22). The number of guanidine groups is 1. The Morgan fingerprint density at radius 1 is 1.35 bits per heavy atom. The van der Waals surface area contributed by atoms with Gasteiger partial charge in [-0.2, -0.15) is 0 Å². The molecule has 0 radical (unpaired) electrons. The van der Waals surface area contributed by atoms with Gasteiger partial charge < -0.3 is 25.2 Å².